The predicted octanol–water partition coefficient (Wildman–Crippen LogP) is 2.47. The molecule has 0 spiro atoms. The summed E-state index contributed by atoms with van der Waals surface area (Å²) in [5.41, 5.74) is 0.142. The molecular weight excluding hydrogens is 299 g/mol. The van der Waals surface area contributed by atoms with Crippen molar-refractivity contribution in [2.24, 2.45) is 5.92 Å². The van der Waals surface area contributed by atoms with Gasteiger partial charge < -0.3 is 9.64 Å². The molecule has 1 fully saturated rings. The van der Waals surface area contributed by atoms with Crippen LogP contribution in [0.1, 0.15) is 36.2 Å². The maximum Gasteiger partial charge on any atom is 0.393 e. The second kappa shape index (κ2) is 5.48. The zero-order valence-corrected chi connectivity index (χ0v) is 12.3. The number of fused-ring (bicyclic) bond motifs is 1. The molecule has 5 nitrogen and oxygen atoms in total. The molecule has 0 radical (unpaired) electrons. The maximum atomic E-state index is 13.2. The Bertz CT molecular complexity index is 549. The van der Waals surface area contributed by atoms with Crippen LogP contribution in [0.25, 0.3) is 0 Å². The van der Waals surface area contributed by atoms with Gasteiger partial charge in [-0.2, -0.15) is 18.3 Å². The molecule has 2 aliphatic rings. The van der Waals surface area contributed by atoms with E-state index in [1.165, 1.54) is 18.0 Å². The van der Waals surface area contributed by atoms with E-state index in [1.54, 1.807) is 4.68 Å². The SMILES string of the molecule is CN(C(=O)c1cc2n(n1)CCO2)[C@H]1CCCC[C@H]1C(F)(F)F. The summed E-state index contributed by atoms with van der Waals surface area (Å²) in [6.07, 6.45) is -2.57. The molecule has 22 heavy (non-hydrogen) atoms. The van der Waals surface area contributed by atoms with E-state index in [0.29, 0.717) is 38.3 Å². The largest absolute Gasteiger partial charge is 0.476 e. The molecule has 0 aromatic carbocycles. The van der Waals surface area contributed by atoms with Crippen molar-refractivity contribution in [2.45, 2.75) is 44.4 Å². The van der Waals surface area contributed by atoms with Crippen LogP contribution in [-0.4, -0.2) is 46.5 Å². The number of halogens is 3. The van der Waals surface area contributed by atoms with Crippen LogP contribution in [0.3, 0.4) is 0 Å². The summed E-state index contributed by atoms with van der Waals surface area (Å²) in [7, 11) is 1.43. The highest BCUT2D eigenvalue weighted by atomic mass is 19.4. The lowest BCUT2D eigenvalue weighted by Gasteiger charge is -2.38. The van der Waals surface area contributed by atoms with Crippen molar-refractivity contribution in [3.8, 4) is 5.88 Å². The van der Waals surface area contributed by atoms with Crippen LogP contribution in [0.2, 0.25) is 0 Å². The normalized spacial score (nSPS) is 24.7. The molecule has 0 bridgehead atoms. The topological polar surface area (TPSA) is 47.4 Å². The van der Waals surface area contributed by atoms with E-state index in [-0.39, 0.29) is 12.1 Å². The van der Waals surface area contributed by atoms with Crippen LogP contribution < -0.4 is 4.74 Å². The van der Waals surface area contributed by atoms with E-state index in [2.05, 4.69) is 5.10 Å². The summed E-state index contributed by atoms with van der Waals surface area (Å²) in [5, 5.41) is 4.11. The molecule has 1 aliphatic heterocycles. The lowest BCUT2D eigenvalue weighted by atomic mass is 9.83. The summed E-state index contributed by atoms with van der Waals surface area (Å²) in [6.45, 7) is 1.06. The number of carbonyl (C=O) groups excluding carboxylic acids is 1. The minimum Gasteiger partial charge on any atom is -0.476 e. The van der Waals surface area contributed by atoms with Crippen molar-refractivity contribution < 1.29 is 22.7 Å². The Kier molecular flexibility index (Phi) is 3.78. The molecular formula is C14H18F3N3O2. The average Bonchev–Trinajstić information content (AvgIpc) is 3.06. The Morgan fingerprint density at radius 2 is 2.14 bits per heavy atom. The molecule has 1 saturated carbocycles. The van der Waals surface area contributed by atoms with Crippen molar-refractivity contribution in [3.05, 3.63) is 11.8 Å². The van der Waals surface area contributed by atoms with E-state index in [9.17, 15) is 18.0 Å². The Hall–Kier alpha value is -1.73. The van der Waals surface area contributed by atoms with Gasteiger partial charge in [-0.05, 0) is 12.8 Å². The van der Waals surface area contributed by atoms with Gasteiger partial charge in [0.05, 0.1) is 12.5 Å². The number of carbonyl (C=O) groups is 1. The number of hydrogen-bond acceptors (Lipinski definition) is 3. The summed E-state index contributed by atoms with van der Waals surface area (Å²) in [4.78, 5) is 13.7. The first-order chi connectivity index (χ1) is 10.4. The van der Waals surface area contributed by atoms with Crippen molar-refractivity contribution >= 4 is 5.91 Å². The monoisotopic (exact) mass is 317 g/mol. The molecule has 3 rings (SSSR count). The van der Waals surface area contributed by atoms with E-state index >= 15 is 0 Å². The summed E-state index contributed by atoms with van der Waals surface area (Å²) < 4.78 is 46.4. The standard InChI is InChI=1S/C14H18F3N3O2/c1-19(11-5-3-2-4-9(11)14(15,16)17)13(21)10-8-12-20(18-10)6-7-22-12/h8-9,11H,2-7H2,1H3/t9-,11+/m1/s1. The molecule has 8 heteroatoms. The highest BCUT2D eigenvalue weighted by molar-refractivity contribution is 5.92. The zero-order valence-electron chi connectivity index (χ0n) is 12.3. The Morgan fingerprint density at radius 3 is 2.82 bits per heavy atom. The minimum atomic E-state index is -4.28. The van der Waals surface area contributed by atoms with Crippen molar-refractivity contribution in [2.75, 3.05) is 13.7 Å². The highest BCUT2D eigenvalue weighted by Crippen LogP contribution is 2.40. The van der Waals surface area contributed by atoms with E-state index in [1.807, 2.05) is 0 Å². The van der Waals surface area contributed by atoms with Crippen LogP contribution in [0.4, 0.5) is 13.2 Å². The molecule has 1 aromatic heterocycles. The van der Waals surface area contributed by atoms with Crippen LogP contribution in [-0.2, 0) is 6.54 Å². The number of aromatic nitrogens is 2. The molecule has 0 unspecified atom stereocenters. The number of nitrogens with zero attached hydrogens (tertiary/aromatic N) is 3. The molecule has 1 amide bonds. The molecule has 1 aromatic rings. The van der Waals surface area contributed by atoms with E-state index in [4.69, 9.17) is 4.74 Å². The van der Waals surface area contributed by atoms with Crippen LogP contribution >= 0.6 is 0 Å². The van der Waals surface area contributed by atoms with Crippen molar-refractivity contribution in [3.63, 3.8) is 0 Å². The second-order valence-electron chi connectivity index (χ2n) is 5.86. The van der Waals surface area contributed by atoms with Gasteiger partial charge in [-0.3, -0.25) is 4.79 Å². The summed E-state index contributed by atoms with van der Waals surface area (Å²) in [5.74, 6) is -1.44. The number of ether oxygens (including phenoxy) is 1. The second-order valence-corrected chi connectivity index (χ2v) is 5.86. The first-order valence-corrected chi connectivity index (χ1v) is 7.42. The van der Waals surface area contributed by atoms with Gasteiger partial charge in [0.25, 0.3) is 5.91 Å². The quantitative estimate of drug-likeness (QED) is 0.842. The van der Waals surface area contributed by atoms with Gasteiger partial charge in [-0.1, -0.05) is 12.8 Å². The van der Waals surface area contributed by atoms with Gasteiger partial charge in [0.2, 0.25) is 5.88 Å². The third-order valence-corrected chi connectivity index (χ3v) is 4.48. The number of amides is 1. The van der Waals surface area contributed by atoms with Gasteiger partial charge in [-0.25, -0.2) is 4.68 Å². The maximum absolute atomic E-state index is 13.2. The summed E-state index contributed by atoms with van der Waals surface area (Å²) >= 11 is 0. The first kappa shape index (κ1) is 15.2. The third kappa shape index (κ3) is 2.66. The van der Waals surface area contributed by atoms with Crippen LogP contribution in [0.5, 0.6) is 5.88 Å². The zero-order chi connectivity index (χ0) is 15.9. The Labute approximate surface area is 126 Å². The molecule has 2 atom stereocenters. The van der Waals surface area contributed by atoms with Gasteiger partial charge in [0.1, 0.15) is 6.61 Å². The van der Waals surface area contributed by atoms with Gasteiger partial charge in [0, 0.05) is 19.2 Å². The highest BCUT2D eigenvalue weighted by Gasteiger charge is 2.47. The average molecular weight is 317 g/mol. The first-order valence-electron chi connectivity index (χ1n) is 7.42. The fraction of sp³-hybridized carbons (Fsp3) is 0.714. The Morgan fingerprint density at radius 1 is 1.41 bits per heavy atom. The van der Waals surface area contributed by atoms with Crippen molar-refractivity contribution in [1.82, 2.24) is 14.7 Å². The van der Waals surface area contributed by atoms with Crippen LogP contribution in [0, 0.1) is 5.92 Å². The predicted molar refractivity (Wildman–Crippen MR) is 71.6 cm³/mol. The molecule has 0 saturated heterocycles. The Balaban J connectivity index is 1.78. The molecule has 1 aliphatic carbocycles. The van der Waals surface area contributed by atoms with Crippen LogP contribution in [0.15, 0.2) is 6.07 Å². The van der Waals surface area contributed by atoms with Gasteiger partial charge in [-0.15, -0.1) is 0 Å². The summed E-state index contributed by atoms with van der Waals surface area (Å²) in [6, 6.07) is 0.677. The molecule has 122 valence electrons. The molecule has 0 N–H and O–H groups in total. The number of rotatable bonds is 2. The van der Waals surface area contributed by atoms with Gasteiger partial charge >= 0.3 is 6.18 Å². The third-order valence-electron chi connectivity index (χ3n) is 4.48. The number of hydrogen-bond donors (Lipinski definition) is 0. The lowest BCUT2D eigenvalue weighted by molar-refractivity contribution is -0.195. The minimum absolute atomic E-state index is 0.0780. The lowest BCUT2D eigenvalue weighted by Crippen LogP contribution is -2.48. The number of alkyl halides is 3. The van der Waals surface area contributed by atoms with Crippen molar-refractivity contribution in [1.29, 1.82) is 0 Å². The fourth-order valence-electron chi connectivity index (χ4n) is 3.31. The smallest absolute Gasteiger partial charge is 0.393 e. The van der Waals surface area contributed by atoms with E-state index < -0.39 is 24.0 Å². The van der Waals surface area contributed by atoms with E-state index in [0.717, 1.165) is 0 Å². The fourth-order valence-corrected chi connectivity index (χ4v) is 3.31. The molecule has 2 heterocycles. The van der Waals surface area contributed by atoms with Gasteiger partial charge in [0.15, 0.2) is 5.69 Å².